The van der Waals surface area contributed by atoms with Crippen LogP contribution in [-0.4, -0.2) is 17.7 Å². The van der Waals surface area contributed by atoms with Crippen molar-refractivity contribution in [2.45, 2.75) is 6.04 Å². The van der Waals surface area contributed by atoms with Crippen molar-refractivity contribution in [1.29, 1.82) is 0 Å². The highest BCUT2D eigenvalue weighted by Gasteiger charge is 2.23. The number of cyclic esters (lactones) is 1. The first-order chi connectivity index (χ1) is 13.6. The highest BCUT2D eigenvalue weighted by Crippen LogP contribution is 2.17. The topological polar surface area (TPSA) is 51.2 Å². The van der Waals surface area contributed by atoms with Crippen molar-refractivity contribution < 1.29 is 18.3 Å². The average Bonchev–Trinajstić information content (AvgIpc) is 3.14. The number of benzene rings is 2. The highest BCUT2D eigenvalue weighted by atomic mass is 19.1. The molecule has 2 aromatic carbocycles. The van der Waals surface area contributed by atoms with Crippen LogP contribution in [0.2, 0.25) is 0 Å². The number of alkyl carbamates (subject to hydrolysis) is 1. The van der Waals surface area contributed by atoms with Crippen LogP contribution in [0, 0.1) is 23.5 Å². The van der Waals surface area contributed by atoms with Crippen molar-refractivity contribution in [3.05, 3.63) is 101 Å². The quantitative estimate of drug-likeness (QED) is 0.645. The molecular formula is C22H16F2N2O2. The van der Waals surface area contributed by atoms with E-state index < -0.39 is 17.7 Å². The molecule has 1 fully saturated rings. The van der Waals surface area contributed by atoms with Crippen molar-refractivity contribution in [2.75, 3.05) is 6.61 Å². The van der Waals surface area contributed by atoms with Crippen LogP contribution >= 0.6 is 0 Å². The van der Waals surface area contributed by atoms with Gasteiger partial charge in [-0.25, -0.2) is 13.6 Å². The molecule has 4 rings (SSSR count). The van der Waals surface area contributed by atoms with Gasteiger partial charge in [-0.2, -0.15) is 0 Å². The number of nitrogens with zero attached hydrogens (tertiary/aromatic N) is 1. The van der Waals surface area contributed by atoms with Gasteiger partial charge in [-0.1, -0.05) is 36.1 Å². The summed E-state index contributed by atoms with van der Waals surface area (Å²) in [6.07, 6.45) is 3.03. The molecule has 140 valence electrons. The van der Waals surface area contributed by atoms with Gasteiger partial charge >= 0.3 is 6.09 Å². The van der Waals surface area contributed by atoms with Crippen molar-refractivity contribution in [2.24, 2.45) is 0 Å². The fraction of sp³-hybridized carbons (Fsp3) is 0.0909. The molecule has 0 bridgehead atoms. The molecule has 28 heavy (non-hydrogen) atoms. The van der Waals surface area contributed by atoms with Crippen LogP contribution in [0.5, 0.6) is 0 Å². The summed E-state index contributed by atoms with van der Waals surface area (Å²) in [4.78, 5) is 15.2. The molecule has 1 atom stereocenters. The molecule has 0 saturated carbocycles. The van der Waals surface area contributed by atoms with Crippen LogP contribution in [0.15, 0.2) is 73.1 Å². The van der Waals surface area contributed by atoms with Gasteiger partial charge in [0.1, 0.15) is 18.2 Å². The number of carbonyl (C=O) groups excluding carboxylic acids is 1. The summed E-state index contributed by atoms with van der Waals surface area (Å²) in [7, 11) is 0. The number of pyridine rings is 1. The molecule has 1 amide bonds. The van der Waals surface area contributed by atoms with Gasteiger partial charge in [-0.3, -0.25) is 4.98 Å². The Hall–Kier alpha value is -3.72. The predicted octanol–water partition coefficient (Wildman–Crippen LogP) is 4.23. The number of halogens is 2. The highest BCUT2D eigenvalue weighted by molar-refractivity contribution is 5.70. The molecular weight excluding hydrogens is 362 g/mol. The minimum absolute atomic E-state index is 0.145. The maximum Gasteiger partial charge on any atom is 0.407 e. The van der Waals surface area contributed by atoms with E-state index in [0.717, 1.165) is 22.8 Å². The normalized spacial score (nSPS) is 14.6. The number of hydrogen-bond acceptors (Lipinski definition) is 3. The summed E-state index contributed by atoms with van der Waals surface area (Å²) in [5, 5.41) is 2.72. The second-order valence-electron chi connectivity index (χ2n) is 5.86. The van der Waals surface area contributed by atoms with Crippen LogP contribution in [0.3, 0.4) is 0 Å². The zero-order chi connectivity index (χ0) is 19.8. The van der Waals surface area contributed by atoms with Crippen molar-refractivity contribution in [1.82, 2.24) is 10.3 Å². The van der Waals surface area contributed by atoms with Crippen LogP contribution < -0.4 is 5.32 Å². The van der Waals surface area contributed by atoms with Crippen molar-refractivity contribution >= 4 is 6.09 Å². The Kier molecular flexibility index (Phi) is 6.32. The van der Waals surface area contributed by atoms with E-state index in [1.807, 2.05) is 36.4 Å². The number of amides is 1. The standard InChI is InChI=1S/C16H12N2O2.C6H4F2/c19-16-18-15(11-20-16)14-8-13(9-17-10-14)7-6-12-4-2-1-3-5-12;7-5-2-1-3-6(8)4-5/h1-5,8-10,15H,11H2,(H,18,19);1-4H. The fourth-order valence-corrected chi connectivity index (χ4v) is 2.41. The van der Waals surface area contributed by atoms with E-state index in [0.29, 0.717) is 6.61 Å². The molecule has 2 heterocycles. The first kappa shape index (κ1) is 19.1. The van der Waals surface area contributed by atoms with E-state index in [4.69, 9.17) is 4.74 Å². The van der Waals surface area contributed by atoms with E-state index in [1.165, 1.54) is 18.2 Å². The molecule has 3 aromatic rings. The molecule has 6 heteroatoms. The number of hydrogen-bond donors (Lipinski definition) is 1. The Bertz CT molecular complexity index is 996. The Morgan fingerprint density at radius 3 is 2.25 bits per heavy atom. The second-order valence-corrected chi connectivity index (χ2v) is 5.86. The number of aromatic nitrogens is 1. The van der Waals surface area contributed by atoms with Crippen LogP contribution in [0.4, 0.5) is 13.6 Å². The maximum atomic E-state index is 11.9. The number of ether oxygens (including phenoxy) is 1. The molecule has 4 nitrogen and oxygen atoms in total. The molecule has 1 aliphatic rings. The Labute approximate surface area is 161 Å². The minimum atomic E-state index is -0.537. The largest absolute Gasteiger partial charge is 0.447 e. The molecule has 1 aliphatic heterocycles. The minimum Gasteiger partial charge on any atom is -0.447 e. The number of nitrogens with one attached hydrogen (secondary N) is 1. The maximum absolute atomic E-state index is 11.9. The first-order valence-electron chi connectivity index (χ1n) is 8.46. The SMILES string of the molecule is Fc1cccc(F)c1.O=C1NC(c2cncc(C#Cc3ccccc3)c2)CO1. The van der Waals surface area contributed by atoms with Gasteiger partial charge < -0.3 is 10.1 Å². The number of carbonyl (C=O) groups is 1. The third-order valence-electron chi connectivity index (χ3n) is 3.75. The molecule has 1 unspecified atom stereocenters. The van der Waals surface area contributed by atoms with Crippen molar-refractivity contribution in [3.8, 4) is 11.8 Å². The average molecular weight is 378 g/mol. The third kappa shape index (κ3) is 5.64. The summed E-state index contributed by atoms with van der Waals surface area (Å²) in [5.41, 5.74) is 2.67. The van der Waals surface area contributed by atoms with Gasteiger partial charge in [0.05, 0.1) is 6.04 Å². The molecule has 1 N–H and O–H groups in total. The Morgan fingerprint density at radius 2 is 1.64 bits per heavy atom. The van der Waals surface area contributed by atoms with Crippen LogP contribution in [0.1, 0.15) is 22.7 Å². The molecule has 1 aromatic heterocycles. The van der Waals surface area contributed by atoms with Gasteiger partial charge in [0.15, 0.2) is 0 Å². The lowest BCUT2D eigenvalue weighted by atomic mass is 10.1. The van der Waals surface area contributed by atoms with Gasteiger partial charge in [-0.15, -0.1) is 0 Å². The zero-order valence-electron chi connectivity index (χ0n) is 14.7. The smallest absolute Gasteiger partial charge is 0.407 e. The van der Waals surface area contributed by atoms with E-state index in [-0.39, 0.29) is 6.04 Å². The Morgan fingerprint density at radius 1 is 0.929 bits per heavy atom. The summed E-state index contributed by atoms with van der Waals surface area (Å²) in [5.74, 6) is 5.07. The predicted molar refractivity (Wildman–Crippen MR) is 100 cm³/mol. The van der Waals surface area contributed by atoms with E-state index in [9.17, 15) is 13.6 Å². The van der Waals surface area contributed by atoms with Crippen LogP contribution in [-0.2, 0) is 4.74 Å². The zero-order valence-corrected chi connectivity index (χ0v) is 14.7. The second kappa shape index (κ2) is 9.28. The third-order valence-corrected chi connectivity index (χ3v) is 3.75. The van der Waals surface area contributed by atoms with E-state index >= 15 is 0 Å². The van der Waals surface area contributed by atoms with Gasteiger partial charge in [0, 0.05) is 29.6 Å². The Balaban J connectivity index is 0.000000236. The summed E-state index contributed by atoms with van der Waals surface area (Å²) in [6.45, 7) is 0.329. The summed E-state index contributed by atoms with van der Waals surface area (Å²) < 4.78 is 28.7. The van der Waals surface area contributed by atoms with Gasteiger partial charge in [0.25, 0.3) is 0 Å². The van der Waals surface area contributed by atoms with Crippen molar-refractivity contribution in [3.63, 3.8) is 0 Å². The van der Waals surface area contributed by atoms with Crippen LogP contribution in [0.25, 0.3) is 0 Å². The lowest BCUT2D eigenvalue weighted by Gasteiger charge is -2.06. The monoisotopic (exact) mass is 378 g/mol. The lowest BCUT2D eigenvalue weighted by Crippen LogP contribution is -2.18. The summed E-state index contributed by atoms with van der Waals surface area (Å²) in [6, 6.07) is 16.1. The molecule has 1 saturated heterocycles. The molecule has 0 aliphatic carbocycles. The van der Waals surface area contributed by atoms with Gasteiger partial charge in [0.2, 0.25) is 0 Å². The first-order valence-corrected chi connectivity index (χ1v) is 8.46. The molecule has 0 radical (unpaired) electrons. The van der Waals surface area contributed by atoms with Gasteiger partial charge in [-0.05, 0) is 35.9 Å². The fourth-order valence-electron chi connectivity index (χ4n) is 2.41. The van der Waals surface area contributed by atoms with E-state index in [2.05, 4.69) is 22.1 Å². The van der Waals surface area contributed by atoms with E-state index in [1.54, 1.807) is 12.4 Å². The summed E-state index contributed by atoms with van der Waals surface area (Å²) >= 11 is 0. The molecule has 0 spiro atoms. The lowest BCUT2D eigenvalue weighted by molar-refractivity contribution is 0.177. The number of rotatable bonds is 1.